The van der Waals surface area contributed by atoms with Gasteiger partial charge in [-0.3, -0.25) is 0 Å². The molecule has 4 heteroatoms. The molecular formula is C16H23NO3. The number of aryl methyl sites for hydroxylation is 1. The largest absolute Gasteiger partial charge is 0.491 e. The average molecular weight is 277 g/mol. The molecule has 0 radical (unpaired) electrons. The molecule has 4 nitrogen and oxygen atoms in total. The topological polar surface area (TPSA) is 38.8 Å². The molecule has 110 valence electrons. The Morgan fingerprint density at radius 2 is 1.90 bits per heavy atom. The third kappa shape index (κ3) is 3.89. The highest BCUT2D eigenvalue weighted by Crippen LogP contribution is 2.26. The van der Waals surface area contributed by atoms with Gasteiger partial charge >= 0.3 is 6.09 Å². The number of piperidine rings is 1. The van der Waals surface area contributed by atoms with Crippen molar-refractivity contribution in [3.63, 3.8) is 0 Å². The first kappa shape index (κ1) is 14.7. The summed E-state index contributed by atoms with van der Waals surface area (Å²) >= 11 is 0. The molecule has 1 saturated heterocycles. The minimum absolute atomic E-state index is 0.100. The van der Waals surface area contributed by atoms with E-state index in [1.54, 1.807) is 11.0 Å². The Morgan fingerprint density at radius 1 is 1.20 bits per heavy atom. The second-order valence-electron chi connectivity index (χ2n) is 5.51. The first-order valence-corrected chi connectivity index (χ1v) is 7.30. The zero-order chi connectivity index (χ0) is 14.5. The Bertz CT molecular complexity index is 465. The van der Waals surface area contributed by atoms with Crippen LogP contribution in [0.15, 0.2) is 18.2 Å². The number of hydrogen-bond donors (Lipinski definition) is 0. The zero-order valence-corrected chi connectivity index (χ0v) is 12.5. The van der Waals surface area contributed by atoms with Crippen molar-refractivity contribution in [1.82, 2.24) is 4.90 Å². The van der Waals surface area contributed by atoms with E-state index in [0.29, 0.717) is 5.75 Å². The molecule has 1 aliphatic rings. The Hall–Kier alpha value is -1.71. The van der Waals surface area contributed by atoms with Crippen molar-refractivity contribution in [2.24, 2.45) is 0 Å². The number of hydrogen-bond acceptors (Lipinski definition) is 3. The summed E-state index contributed by atoms with van der Waals surface area (Å²) in [6.45, 7) is 7.46. The van der Waals surface area contributed by atoms with Gasteiger partial charge in [-0.15, -0.1) is 0 Å². The van der Waals surface area contributed by atoms with E-state index in [-0.39, 0.29) is 12.2 Å². The number of benzene rings is 1. The summed E-state index contributed by atoms with van der Waals surface area (Å²) in [5, 5.41) is 0. The lowest BCUT2D eigenvalue weighted by Crippen LogP contribution is -2.37. The summed E-state index contributed by atoms with van der Waals surface area (Å²) in [7, 11) is 0. The van der Waals surface area contributed by atoms with Crippen LogP contribution in [0.2, 0.25) is 0 Å². The predicted octanol–water partition coefficient (Wildman–Crippen LogP) is 3.77. The lowest BCUT2D eigenvalue weighted by Gasteiger charge is -2.26. The molecule has 20 heavy (non-hydrogen) atoms. The zero-order valence-electron chi connectivity index (χ0n) is 12.5. The van der Waals surface area contributed by atoms with Crippen molar-refractivity contribution in [3.05, 3.63) is 23.8 Å². The van der Waals surface area contributed by atoms with Gasteiger partial charge in [0.1, 0.15) is 11.5 Å². The lowest BCUT2D eigenvalue weighted by atomic mass is 10.1. The summed E-state index contributed by atoms with van der Waals surface area (Å²) in [4.78, 5) is 13.9. The molecular weight excluding hydrogens is 254 g/mol. The molecule has 1 fully saturated rings. The minimum atomic E-state index is -0.255. The van der Waals surface area contributed by atoms with Crippen LogP contribution < -0.4 is 9.47 Å². The quantitative estimate of drug-likeness (QED) is 0.844. The van der Waals surface area contributed by atoms with Gasteiger partial charge in [-0.25, -0.2) is 4.79 Å². The standard InChI is InChI=1S/C16H23NO3/c1-12(2)19-14-8-7-13(3)15(11-14)20-16(18)17-9-5-4-6-10-17/h7-8,11-12H,4-6,9-10H2,1-3H3. The van der Waals surface area contributed by atoms with E-state index in [1.165, 1.54) is 6.42 Å². The van der Waals surface area contributed by atoms with Gasteiger partial charge in [0.15, 0.2) is 0 Å². The van der Waals surface area contributed by atoms with Gasteiger partial charge < -0.3 is 14.4 Å². The van der Waals surface area contributed by atoms with Crippen LogP contribution in [-0.2, 0) is 0 Å². The number of likely N-dealkylation sites (tertiary alicyclic amines) is 1. The van der Waals surface area contributed by atoms with E-state index >= 15 is 0 Å². The molecule has 0 spiro atoms. The Morgan fingerprint density at radius 3 is 2.55 bits per heavy atom. The second-order valence-corrected chi connectivity index (χ2v) is 5.51. The van der Waals surface area contributed by atoms with Crippen molar-refractivity contribution in [2.75, 3.05) is 13.1 Å². The summed E-state index contributed by atoms with van der Waals surface area (Å²) in [6.07, 6.45) is 3.16. The molecule has 0 unspecified atom stereocenters. The van der Waals surface area contributed by atoms with Crippen LogP contribution in [0.5, 0.6) is 11.5 Å². The summed E-state index contributed by atoms with van der Waals surface area (Å²) < 4.78 is 11.1. The fraction of sp³-hybridized carbons (Fsp3) is 0.562. The van der Waals surface area contributed by atoms with Gasteiger partial charge in [0.2, 0.25) is 0 Å². The van der Waals surface area contributed by atoms with Gasteiger partial charge in [-0.2, -0.15) is 0 Å². The molecule has 1 aliphatic heterocycles. The van der Waals surface area contributed by atoms with E-state index in [9.17, 15) is 4.79 Å². The first-order valence-electron chi connectivity index (χ1n) is 7.30. The number of amides is 1. The lowest BCUT2D eigenvalue weighted by molar-refractivity contribution is 0.142. The van der Waals surface area contributed by atoms with E-state index in [4.69, 9.17) is 9.47 Å². The van der Waals surface area contributed by atoms with Crippen LogP contribution in [0, 0.1) is 6.92 Å². The summed E-state index contributed by atoms with van der Waals surface area (Å²) in [6, 6.07) is 5.60. The van der Waals surface area contributed by atoms with Gasteiger partial charge in [0, 0.05) is 19.2 Å². The molecule has 0 aromatic heterocycles. The highest BCUT2D eigenvalue weighted by atomic mass is 16.6. The maximum absolute atomic E-state index is 12.1. The highest BCUT2D eigenvalue weighted by Gasteiger charge is 2.19. The van der Waals surface area contributed by atoms with Crippen molar-refractivity contribution >= 4 is 6.09 Å². The second kappa shape index (κ2) is 6.64. The number of rotatable bonds is 3. The smallest absolute Gasteiger partial charge is 0.415 e. The van der Waals surface area contributed by atoms with Gasteiger partial charge in [-0.1, -0.05) is 6.07 Å². The van der Waals surface area contributed by atoms with Crippen LogP contribution in [0.25, 0.3) is 0 Å². The van der Waals surface area contributed by atoms with Crippen LogP contribution in [0.4, 0.5) is 4.79 Å². The third-order valence-corrected chi connectivity index (χ3v) is 3.34. The molecule has 0 atom stereocenters. The van der Waals surface area contributed by atoms with Gasteiger partial charge in [-0.05, 0) is 51.7 Å². The fourth-order valence-electron chi connectivity index (χ4n) is 2.27. The predicted molar refractivity (Wildman–Crippen MR) is 78.4 cm³/mol. The normalized spacial score (nSPS) is 15.3. The molecule has 0 bridgehead atoms. The fourth-order valence-corrected chi connectivity index (χ4v) is 2.27. The molecule has 1 amide bonds. The van der Waals surface area contributed by atoms with Crippen molar-refractivity contribution in [1.29, 1.82) is 0 Å². The molecule has 0 saturated carbocycles. The number of carbonyl (C=O) groups excluding carboxylic acids is 1. The van der Waals surface area contributed by atoms with E-state index < -0.39 is 0 Å². The molecule has 0 aliphatic carbocycles. The Balaban J connectivity index is 2.05. The molecule has 1 aromatic rings. The van der Waals surface area contributed by atoms with Crippen LogP contribution in [-0.4, -0.2) is 30.2 Å². The van der Waals surface area contributed by atoms with E-state index in [0.717, 1.165) is 37.2 Å². The number of ether oxygens (including phenoxy) is 2. The maximum Gasteiger partial charge on any atom is 0.415 e. The van der Waals surface area contributed by atoms with E-state index in [1.807, 2.05) is 32.9 Å². The van der Waals surface area contributed by atoms with Crippen molar-refractivity contribution in [2.45, 2.75) is 46.1 Å². The highest BCUT2D eigenvalue weighted by molar-refractivity contribution is 5.71. The first-order chi connectivity index (χ1) is 9.56. The molecule has 0 N–H and O–H groups in total. The van der Waals surface area contributed by atoms with Gasteiger partial charge in [0.05, 0.1) is 6.10 Å². The van der Waals surface area contributed by atoms with Crippen LogP contribution >= 0.6 is 0 Å². The monoisotopic (exact) mass is 277 g/mol. The third-order valence-electron chi connectivity index (χ3n) is 3.34. The van der Waals surface area contributed by atoms with Gasteiger partial charge in [0.25, 0.3) is 0 Å². The SMILES string of the molecule is Cc1ccc(OC(C)C)cc1OC(=O)N1CCCCC1. The Kier molecular flexibility index (Phi) is 4.88. The van der Waals surface area contributed by atoms with Crippen molar-refractivity contribution in [3.8, 4) is 11.5 Å². The molecule has 1 aromatic carbocycles. The van der Waals surface area contributed by atoms with Crippen molar-refractivity contribution < 1.29 is 14.3 Å². The van der Waals surface area contributed by atoms with Crippen LogP contribution in [0.3, 0.4) is 0 Å². The Labute approximate surface area is 120 Å². The number of nitrogens with zero attached hydrogens (tertiary/aromatic N) is 1. The molecule has 2 rings (SSSR count). The summed E-state index contributed by atoms with van der Waals surface area (Å²) in [5.74, 6) is 1.31. The van der Waals surface area contributed by atoms with E-state index in [2.05, 4.69) is 0 Å². The average Bonchev–Trinajstić information content (AvgIpc) is 2.43. The summed E-state index contributed by atoms with van der Waals surface area (Å²) in [5.41, 5.74) is 0.937. The minimum Gasteiger partial charge on any atom is -0.491 e. The van der Waals surface area contributed by atoms with Crippen LogP contribution in [0.1, 0.15) is 38.7 Å². The molecule has 1 heterocycles. The maximum atomic E-state index is 12.1. The number of carbonyl (C=O) groups is 1.